The average molecular weight is 307 g/mol. The maximum atomic E-state index is 11.4. The summed E-state index contributed by atoms with van der Waals surface area (Å²) in [4.78, 5) is 11.4. The van der Waals surface area contributed by atoms with Gasteiger partial charge >= 0.3 is 5.97 Å². The molecule has 0 aliphatic heterocycles. The SMILES string of the molecule is Cc1ccc(CCc2c(C(=O)O)nnn2-c2ccccc2)cc1. The second kappa shape index (κ2) is 6.44. The first-order valence-electron chi connectivity index (χ1n) is 7.44. The van der Waals surface area contributed by atoms with Gasteiger partial charge in [-0.2, -0.15) is 0 Å². The van der Waals surface area contributed by atoms with E-state index < -0.39 is 5.97 Å². The molecule has 1 aromatic heterocycles. The standard InChI is InChI=1S/C18H17N3O2/c1-13-7-9-14(10-8-13)11-12-16-17(18(22)23)19-20-21(16)15-5-3-2-4-6-15/h2-10H,11-12H2,1H3,(H,22,23). The third-order valence-corrected chi connectivity index (χ3v) is 3.74. The minimum absolute atomic E-state index is 0.0148. The first kappa shape index (κ1) is 15.0. The van der Waals surface area contributed by atoms with Crippen LogP contribution in [0.25, 0.3) is 5.69 Å². The highest BCUT2D eigenvalue weighted by atomic mass is 16.4. The van der Waals surface area contributed by atoms with Crippen LogP contribution >= 0.6 is 0 Å². The van der Waals surface area contributed by atoms with Crippen molar-refractivity contribution in [1.82, 2.24) is 15.0 Å². The number of nitrogens with zero attached hydrogens (tertiary/aromatic N) is 3. The molecule has 0 radical (unpaired) electrons. The summed E-state index contributed by atoms with van der Waals surface area (Å²) in [5.74, 6) is -1.05. The van der Waals surface area contributed by atoms with Gasteiger partial charge in [0.25, 0.3) is 0 Å². The van der Waals surface area contributed by atoms with Gasteiger partial charge in [0.1, 0.15) is 0 Å². The van der Waals surface area contributed by atoms with Crippen LogP contribution in [0.15, 0.2) is 54.6 Å². The van der Waals surface area contributed by atoms with E-state index >= 15 is 0 Å². The van der Waals surface area contributed by atoms with Gasteiger partial charge in [-0.3, -0.25) is 0 Å². The third kappa shape index (κ3) is 3.29. The van der Waals surface area contributed by atoms with Gasteiger partial charge in [0.05, 0.1) is 11.4 Å². The Balaban J connectivity index is 1.91. The maximum absolute atomic E-state index is 11.4. The summed E-state index contributed by atoms with van der Waals surface area (Å²) in [6, 6.07) is 17.7. The summed E-state index contributed by atoms with van der Waals surface area (Å²) in [7, 11) is 0. The average Bonchev–Trinajstić information content (AvgIpc) is 2.99. The molecule has 0 unspecified atom stereocenters. The fourth-order valence-corrected chi connectivity index (χ4v) is 2.49. The Morgan fingerprint density at radius 2 is 1.74 bits per heavy atom. The second-order valence-electron chi connectivity index (χ2n) is 5.42. The molecule has 0 spiro atoms. The van der Waals surface area contributed by atoms with E-state index in [-0.39, 0.29) is 5.69 Å². The van der Waals surface area contributed by atoms with Crippen molar-refractivity contribution in [1.29, 1.82) is 0 Å². The fourth-order valence-electron chi connectivity index (χ4n) is 2.49. The number of aromatic carboxylic acids is 1. The first-order valence-corrected chi connectivity index (χ1v) is 7.44. The zero-order chi connectivity index (χ0) is 16.2. The smallest absolute Gasteiger partial charge is 0.358 e. The van der Waals surface area contributed by atoms with Crippen molar-refractivity contribution in [2.45, 2.75) is 19.8 Å². The molecule has 5 nitrogen and oxygen atoms in total. The number of hydrogen-bond acceptors (Lipinski definition) is 3. The van der Waals surface area contributed by atoms with E-state index in [4.69, 9.17) is 0 Å². The maximum Gasteiger partial charge on any atom is 0.358 e. The number of benzene rings is 2. The van der Waals surface area contributed by atoms with E-state index in [1.807, 2.05) is 37.3 Å². The topological polar surface area (TPSA) is 68.0 Å². The van der Waals surface area contributed by atoms with Crippen molar-refractivity contribution in [3.05, 3.63) is 77.1 Å². The van der Waals surface area contributed by atoms with Crippen molar-refractivity contribution >= 4 is 5.97 Å². The zero-order valence-electron chi connectivity index (χ0n) is 12.8. The summed E-state index contributed by atoms with van der Waals surface area (Å²) in [5, 5.41) is 17.2. The van der Waals surface area contributed by atoms with Crippen molar-refractivity contribution in [2.24, 2.45) is 0 Å². The minimum atomic E-state index is -1.05. The predicted molar refractivity (Wildman–Crippen MR) is 86.9 cm³/mol. The van der Waals surface area contributed by atoms with Crippen molar-refractivity contribution in [2.75, 3.05) is 0 Å². The Labute approximate surface area is 134 Å². The molecule has 116 valence electrons. The highest BCUT2D eigenvalue weighted by Crippen LogP contribution is 2.16. The van der Waals surface area contributed by atoms with Crippen LogP contribution in [-0.4, -0.2) is 26.1 Å². The quantitative estimate of drug-likeness (QED) is 0.786. The Morgan fingerprint density at radius 3 is 2.39 bits per heavy atom. The molecule has 3 aromatic rings. The van der Waals surface area contributed by atoms with E-state index in [2.05, 4.69) is 34.6 Å². The second-order valence-corrected chi connectivity index (χ2v) is 5.42. The number of aromatic nitrogens is 3. The minimum Gasteiger partial charge on any atom is -0.476 e. The van der Waals surface area contributed by atoms with Gasteiger partial charge in [-0.1, -0.05) is 53.2 Å². The fraction of sp³-hybridized carbons (Fsp3) is 0.167. The largest absolute Gasteiger partial charge is 0.476 e. The van der Waals surface area contributed by atoms with Crippen LogP contribution in [0, 0.1) is 6.92 Å². The van der Waals surface area contributed by atoms with Crippen molar-refractivity contribution in [3.63, 3.8) is 0 Å². The molecule has 1 N–H and O–H groups in total. The molecule has 1 heterocycles. The highest BCUT2D eigenvalue weighted by molar-refractivity contribution is 5.86. The Kier molecular flexibility index (Phi) is 4.19. The lowest BCUT2D eigenvalue weighted by molar-refractivity contribution is 0.0689. The van der Waals surface area contributed by atoms with Gasteiger partial charge in [-0.05, 0) is 37.5 Å². The molecule has 0 saturated heterocycles. The van der Waals surface area contributed by atoms with Gasteiger partial charge in [0.2, 0.25) is 0 Å². The van der Waals surface area contributed by atoms with E-state index in [1.54, 1.807) is 4.68 Å². The van der Waals surface area contributed by atoms with Crippen LogP contribution in [0.1, 0.15) is 27.3 Å². The molecule has 0 amide bonds. The number of carboxylic acid groups (broad SMARTS) is 1. The lowest BCUT2D eigenvalue weighted by Gasteiger charge is -2.07. The van der Waals surface area contributed by atoms with E-state index in [1.165, 1.54) is 5.56 Å². The van der Waals surface area contributed by atoms with Crippen LogP contribution in [-0.2, 0) is 12.8 Å². The van der Waals surface area contributed by atoms with Gasteiger partial charge in [-0.25, -0.2) is 9.48 Å². The van der Waals surface area contributed by atoms with Gasteiger partial charge < -0.3 is 5.11 Å². The Morgan fingerprint density at radius 1 is 1.04 bits per heavy atom. The van der Waals surface area contributed by atoms with E-state index in [9.17, 15) is 9.90 Å². The summed E-state index contributed by atoms with van der Waals surface area (Å²) in [6.07, 6.45) is 1.30. The zero-order valence-corrected chi connectivity index (χ0v) is 12.8. The molecular formula is C18H17N3O2. The molecule has 2 aromatic carbocycles. The van der Waals surface area contributed by atoms with Crippen LogP contribution in [0.4, 0.5) is 0 Å². The summed E-state index contributed by atoms with van der Waals surface area (Å²) < 4.78 is 1.61. The highest BCUT2D eigenvalue weighted by Gasteiger charge is 2.19. The molecule has 0 bridgehead atoms. The Bertz CT molecular complexity index is 808. The molecule has 23 heavy (non-hydrogen) atoms. The Hall–Kier alpha value is -2.95. The van der Waals surface area contributed by atoms with Gasteiger partial charge in [-0.15, -0.1) is 5.10 Å². The van der Waals surface area contributed by atoms with Gasteiger partial charge in [0, 0.05) is 0 Å². The molecule has 0 aliphatic carbocycles. The number of hydrogen-bond donors (Lipinski definition) is 1. The van der Waals surface area contributed by atoms with Gasteiger partial charge in [0.15, 0.2) is 5.69 Å². The van der Waals surface area contributed by atoms with Crippen molar-refractivity contribution < 1.29 is 9.90 Å². The molecule has 0 aliphatic rings. The van der Waals surface area contributed by atoms with Crippen LogP contribution in [0.2, 0.25) is 0 Å². The van der Waals surface area contributed by atoms with Crippen molar-refractivity contribution in [3.8, 4) is 5.69 Å². The van der Waals surface area contributed by atoms with E-state index in [0.29, 0.717) is 12.1 Å². The first-order chi connectivity index (χ1) is 11.1. The molecule has 0 fully saturated rings. The van der Waals surface area contributed by atoms with Crippen LogP contribution in [0.3, 0.4) is 0 Å². The number of carboxylic acids is 1. The lowest BCUT2D eigenvalue weighted by Crippen LogP contribution is -2.08. The summed E-state index contributed by atoms with van der Waals surface area (Å²) >= 11 is 0. The summed E-state index contributed by atoms with van der Waals surface area (Å²) in [5.41, 5.74) is 3.81. The summed E-state index contributed by atoms with van der Waals surface area (Å²) in [6.45, 7) is 2.04. The van der Waals surface area contributed by atoms with Crippen LogP contribution < -0.4 is 0 Å². The third-order valence-electron chi connectivity index (χ3n) is 3.74. The number of para-hydroxylation sites is 1. The number of rotatable bonds is 5. The predicted octanol–water partition coefficient (Wildman–Crippen LogP) is 3.06. The van der Waals surface area contributed by atoms with Crippen LogP contribution in [0.5, 0.6) is 0 Å². The molecule has 0 atom stereocenters. The number of carbonyl (C=O) groups is 1. The number of aryl methyl sites for hydroxylation is 2. The monoisotopic (exact) mass is 307 g/mol. The molecule has 3 rings (SSSR count). The lowest BCUT2D eigenvalue weighted by atomic mass is 10.1. The van der Waals surface area contributed by atoms with E-state index in [0.717, 1.165) is 17.7 Å². The molecule has 5 heteroatoms. The molecular weight excluding hydrogens is 290 g/mol. The normalized spacial score (nSPS) is 10.7. The molecule has 0 saturated carbocycles.